The second-order valence-corrected chi connectivity index (χ2v) is 6.23. The first-order chi connectivity index (χ1) is 8.94. The van der Waals surface area contributed by atoms with Crippen molar-refractivity contribution < 1.29 is 22.5 Å². The quantitative estimate of drug-likeness (QED) is 0.737. The van der Waals surface area contributed by atoms with Crippen molar-refractivity contribution in [1.29, 1.82) is 0 Å². The highest BCUT2D eigenvalue weighted by Gasteiger charge is 2.51. The van der Waals surface area contributed by atoms with Gasteiger partial charge in [-0.25, -0.2) is 0 Å². The van der Waals surface area contributed by atoms with Gasteiger partial charge >= 0.3 is 13.3 Å². The predicted molar refractivity (Wildman–Crippen MR) is 72.2 cm³/mol. The zero-order valence-corrected chi connectivity index (χ0v) is 12.4. The summed E-state index contributed by atoms with van der Waals surface area (Å²) in [7, 11) is -0.722. The van der Waals surface area contributed by atoms with Crippen molar-refractivity contribution in [2.24, 2.45) is 0 Å². The molecular formula is C13H15BClF3O2. The van der Waals surface area contributed by atoms with Crippen molar-refractivity contribution in [3.05, 3.63) is 28.8 Å². The Morgan fingerprint density at radius 2 is 1.55 bits per heavy atom. The molecule has 2 nitrogen and oxygen atoms in total. The number of hydrogen-bond donors (Lipinski definition) is 0. The van der Waals surface area contributed by atoms with Gasteiger partial charge < -0.3 is 9.31 Å². The van der Waals surface area contributed by atoms with Crippen LogP contribution in [-0.2, 0) is 15.5 Å². The third-order valence-corrected chi connectivity index (χ3v) is 4.14. The van der Waals surface area contributed by atoms with Crippen LogP contribution >= 0.6 is 11.6 Å². The Hall–Kier alpha value is -0.715. The van der Waals surface area contributed by atoms with Crippen molar-refractivity contribution >= 4 is 24.2 Å². The Morgan fingerprint density at radius 3 is 1.95 bits per heavy atom. The van der Waals surface area contributed by atoms with Crippen LogP contribution in [0.4, 0.5) is 13.2 Å². The Kier molecular flexibility index (Phi) is 3.64. The van der Waals surface area contributed by atoms with Crippen molar-refractivity contribution in [3.8, 4) is 0 Å². The largest absolute Gasteiger partial charge is 0.494 e. The summed E-state index contributed by atoms with van der Waals surface area (Å²) in [4.78, 5) is 0. The maximum absolute atomic E-state index is 12.7. The highest BCUT2D eigenvalue weighted by atomic mass is 35.5. The summed E-state index contributed by atoms with van der Waals surface area (Å²) in [6.45, 7) is 7.49. The summed E-state index contributed by atoms with van der Waals surface area (Å²) in [5.41, 5.74) is -1.49. The summed E-state index contributed by atoms with van der Waals surface area (Å²) >= 11 is 5.70. The maximum Gasteiger partial charge on any atom is 0.494 e. The van der Waals surface area contributed by atoms with E-state index < -0.39 is 30.1 Å². The molecule has 7 heteroatoms. The molecular weight excluding hydrogens is 291 g/mol. The highest BCUT2D eigenvalue weighted by molar-refractivity contribution is 6.62. The van der Waals surface area contributed by atoms with Gasteiger partial charge in [0.1, 0.15) is 0 Å². The Balaban J connectivity index is 2.31. The lowest BCUT2D eigenvalue weighted by Crippen LogP contribution is -2.41. The highest BCUT2D eigenvalue weighted by Crippen LogP contribution is 2.38. The molecule has 110 valence electrons. The van der Waals surface area contributed by atoms with Gasteiger partial charge in [0.25, 0.3) is 0 Å². The van der Waals surface area contributed by atoms with E-state index in [4.69, 9.17) is 20.9 Å². The first-order valence-corrected chi connectivity index (χ1v) is 6.54. The minimum absolute atomic E-state index is 0.357. The van der Waals surface area contributed by atoms with Gasteiger partial charge in [0.05, 0.1) is 21.8 Å². The van der Waals surface area contributed by atoms with Gasteiger partial charge in [0.15, 0.2) is 0 Å². The van der Waals surface area contributed by atoms with Crippen LogP contribution in [0, 0.1) is 0 Å². The van der Waals surface area contributed by atoms with Gasteiger partial charge in [-0.1, -0.05) is 17.7 Å². The molecule has 0 bridgehead atoms. The molecule has 0 atom stereocenters. The van der Waals surface area contributed by atoms with Crippen LogP contribution in [-0.4, -0.2) is 18.3 Å². The first kappa shape index (κ1) is 15.7. The molecule has 1 saturated heterocycles. The number of rotatable bonds is 1. The molecule has 0 amide bonds. The van der Waals surface area contributed by atoms with E-state index >= 15 is 0 Å². The molecule has 2 rings (SSSR count). The van der Waals surface area contributed by atoms with Crippen LogP contribution in [0.2, 0.25) is 5.02 Å². The SMILES string of the molecule is CC1(C)OB(c2ccc(C(F)(F)F)c(Cl)c2)OC1(C)C. The van der Waals surface area contributed by atoms with Crippen LogP contribution in [0.15, 0.2) is 18.2 Å². The number of alkyl halides is 3. The Morgan fingerprint density at radius 1 is 1.05 bits per heavy atom. The lowest BCUT2D eigenvalue weighted by molar-refractivity contribution is -0.137. The minimum atomic E-state index is -4.47. The van der Waals surface area contributed by atoms with E-state index in [2.05, 4.69) is 0 Å². The molecule has 1 aliphatic rings. The van der Waals surface area contributed by atoms with E-state index in [1.807, 2.05) is 27.7 Å². The van der Waals surface area contributed by atoms with E-state index in [1.54, 1.807) is 0 Å². The van der Waals surface area contributed by atoms with Crippen LogP contribution in [0.5, 0.6) is 0 Å². The van der Waals surface area contributed by atoms with Crippen LogP contribution in [0.1, 0.15) is 33.3 Å². The molecule has 0 radical (unpaired) electrons. The summed E-state index contributed by atoms with van der Waals surface area (Å²) in [5, 5.41) is -0.357. The normalized spacial score (nSPS) is 21.3. The van der Waals surface area contributed by atoms with Crippen LogP contribution in [0.3, 0.4) is 0 Å². The zero-order chi connectivity index (χ0) is 15.3. The molecule has 0 spiro atoms. The molecule has 0 saturated carbocycles. The third-order valence-electron chi connectivity index (χ3n) is 3.82. The number of benzene rings is 1. The van der Waals surface area contributed by atoms with Crippen molar-refractivity contribution in [2.75, 3.05) is 0 Å². The van der Waals surface area contributed by atoms with E-state index in [-0.39, 0.29) is 5.02 Å². The smallest absolute Gasteiger partial charge is 0.399 e. The molecule has 1 aromatic carbocycles. The minimum Gasteiger partial charge on any atom is -0.399 e. The van der Waals surface area contributed by atoms with Gasteiger partial charge in [-0.2, -0.15) is 13.2 Å². The summed E-state index contributed by atoms with van der Waals surface area (Å²) in [6, 6.07) is 3.52. The van der Waals surface area contributed by atoms with Crippen molar-refractivity contribution in [2.45, 2.75) is 45.1 Å². The molecule has 20 heavy (non-hydrogen) atoms. The second kappa shape index (κ2) is 4.65. The molecule has 1 aromatic rings. The van der Waals surface area contributed by atoms with E-state index in [0.717, 1.165) is 6.07 Å². The van der Waals surface area contributed by atoms with Crippen LogP contribution in [0.25, 0.3) is 0 Å². The molecule has 0 aromatic heterocycles. The fourth-order valence-corrected chi connectivity index (χ4v) is 2.18. The monoisotopic (exact) mass is 306 g/mol. The zero-order valence-electron chi connectivity index (χ0n) is 11.6. The van der Waals surface area contributed by atoms with Gasteiger partial charge in [0.2, 0.25) is 0 Å². The van der Waals surface area contributed by atoms with E-state index in [1.165, 1.54) is 12.1 Å². The average molecular weight is 307 g/mol. The van der Waals surface area contributed by atoms with E-state index in [9.17, 15) is 13.2 Å². The van der Waals surface area contributed by atoms with Gasteiger partial charge in [-0.3, -0.25) is 0 Å². The predicted octanol–water partition coefficient (Wildman–Crippen LogP) is 3.66. The molecule has 0 unspecified atom stereocenters. The van der Waals surface area contributed by atoms with Crippen molar-refractivity contribution in [3.63, 3.8) is 0 Å². The molecule has 1 heterocycles. The fraction of sp³-hybridized carbons (Fsp3) is 0.538. The van der Waals surface area contributed by atoms with Crippen LogP contribution < -0.4 is 5.46 Å². The number of hydrogen-bond acceptors (Lipinski definition) is 2. The number of halogens is 4. The lowest BCUT2D eigenvalue weighted by atomic mass is 9.79. The summed E-state index contributed by atoms with van der Waals surface area (Å²) < 4.78 is 49.5. The standard InChI is InChI=1S/C13H15BClF3O2/c1-11(2)12(3,4)20-14(19-11)8-5-6-9(10(15)7-8)13(16,17)18/h5-7H,1-4H3. The van der Waals surface area contributed by atoms with Gasteiger partial charge in [-0.05, 0) is 45.3 Å². The lowest BCUT2D eigenvalue weighted by Gasteiger charge is -2.32. The summed E-state index contributed by atoms with van der Waals surface area (Å²) in [5.74, 6) is 0. The molecule has 1 fully saturated rings. The topological polar surface area (TPSA) is 18.5 Å². The summed E-state index contributed by atoms with van der Waals surface area (Å²) in [6.07, 6.45) is -4.47. The fourth-order valence-electron chi connectivity index (χ4n) is 1.89. The molecule has 0 N–H and O–H groups in total. The van der Waals surface area contributed by atoms with Gasteiger partial charge in [0, 0.05) is 0 Å². The first-order valence-electron chi connectivity index (χ1n) is 6.16. The third kappa shape index (κ3) is 2.69. The molecule has 0 aliphatic carbocycles. The van der Waals surface area contributed by atoms with E-state index in [0.29, 0.717) is 5.46 Å². The Bertz CT molecular complexity index is 513. The molecule has 1 aliphatic heterocycles. The van der Waals surface area contributed by atoms with Gasteiger partial charge in [-0.15, -0.1) is 0 Å². The average Bonchev–Trinajstić information content (AvgIpc) is 2.46. The Labute approximate surface area is 121 Å². The maximum atomic E-state index is 12.7. The van der Waals surface area contributed by atoms with Crippen molar-refractivity contribution in [1.82, 2.24) is 0 Å². The second-order valence-electron chi connectivity index (χ2n) is 5.83.